The summed E-state index contributed by atoms with van der Waals surface area (Å²) in [6, 6.07) is 5.50. The van der Waals surface area contributed by atoms with Crippen LogP contribution in [0.5, 0.6) is 0 Å². The summed E-state index contributed by atoms with van der Waals surface area (Å²) in [7, 11) is 0. The van der Waals surface area contributed by atoms with Crippen LogP contribution in [0.4, 0.5) is 14.9 Å². The maximum absolute atomic E-state index is 12.9. The molecule has 0 aliphatic rings. The molecule has 0 fully saturated rings. The van der Waals surface area contributed by atoms with Crippen molar-refractivity contribution in [3.8, 4) is 0 Å². The van der Waals surface area contributed by atoms with E-state index in [9.17, 15) is 14.0 Å². The van der Waals surface area contributed by atoms with Gasteiger partial charge in [0.25, 0.3) is 5.91 Å². The van der Waals surface area contributed by atoms with E-state index in [1.165, 1.54) is 35.6 Å². The summed E-state index contributed by atoms with van der Waals surface area (Å²) in [5.41, 5.74) is 0.474. The van der Waals surface area contributed by atoms with Crippen LogP contribution in [0.25, 0.3) is 0 Å². The largest absolute Gasteiger partial charge is 0.444 e. The van der Waals surface area contributed by atoms with E-state index >= 15 is 0 Å². The van der Waals surface area contributed by atoms with Gasteiger partial charge in [0.2, 0.25) is 0 Å². The Balaban J connectivity index is 1.98. The molecule has 25 heavy (non-hydrogen) atoms. The zero-order valence-electron chi connectivity index (χ0n) is 14.5. The molecule has 2 rings (SSSR count). The van der Waals surface area contributed by atoms with E-state index in [0.29, 0.717) is 21.3 Å². The van der Waals surface area contributed by atoms with E-state index in [2.05, 4.69) is 15.6 Å². The topological polar surface area (TPSA) is 80.3 Å². The second-order valence-corrected chi connectivity index (χ2v) is 7.42. The number of nitrogens with one attached hydrogen (secondary N) is 2. The third-order valence-electron chi connectivity index (χ3n) is 2.93. The number of alkyl carbamates (subject to hydrolysis) is 1. The number of anilines is 1. The third-order valence-corrected chi connectivity index (χ3v) is 4.09. The number of amides is 2. The Kier molecular flexibility index (Phi) is 5.73. The van der Waals surface area contributed by atoms with Crippen molar-refractivity contribution in [2.75, 3.05) is 5.32 Å². The summed E-state index contributed by atoms with van der Waals surface area (Å²) in [6.45, 7) is 7.21. The monoisotopic (exact) mass is 365 g/mol. The molecule has 0 spiro atoms. The highest BCUT2D eigenvalue weighted by atomic mass is 32.1. The summed E-state index contributed by atoms with van der Waals surface area (Å²) in [6.07, 6.45) is -0.544. The molecule has 0 radical (unpaired) electrons. The lowest BCUT2D eigenvalue weighted by Crippen LogP contribution is -2.32. The molecule has 1 aromatic heterocycles. The number of nitrogens with zero attached hydrogens (tertiary/aromatic N) is 1. The van der Waals surface area contributed by atoms with Gasteiger partial charge in [-0.2, -0.15) is 0 Å². The predicted octanol–water partition coefficient (Wildman–Crippen LogP) is 3.87. The van der Waals surface area contributed by atoms with Crippen LogP contribution in [0.15, 0.2) is 24.3 Å². The van der Waals surface area contributed by atoms with E-state index < -0.39 is 11.7 Å². The SMILES string of the molecule is Cc1nc(CNC(=O)OC(C)(C)C)sc1C(=O)Nc1ccc(F)cc1. The number of ether oxygens (including phenoxy) is 1. The van der Waals surface area contributed by atoms with Crippen molar-refractivity contribution in [1.82, 2.24) is 10.3 Å². The first-order valence-electron chi connectivity index (χ1n) is 7.64. The number of benzene rings is 1. The molecular weight excluding hydrogens is 345 g/mol. The lowest BCUT2D eigenvalue weighted by molar-refractivity contribution is 0.0523. The van der Waals surface area contributed by atoms with Crippen LogP contribution in [0.2, 0.25) is 0 Å². The Bertz CT molecular complexity index is 766. The lowest BCUT2D eigenvalue weighted by Gasteiger charge is -2.19. The third kappa shape index (κ3) is 5.82. The quantitative estimate of drug-likeness (QED) is 0.862. The molecule has 0 atom stereocenters. The molecule has 0 saturated heterocycles. The van der Waals surface area contributed by atoms with Crippen molar-refractivity contribution in [1.29, 1.82) is 0 Å². The Morgan fingerprint density at radius 1 is 1.24 bits per heavy atom. The molecule has 0 aliphatic carbocycles. The second-order valence-electron chi connectivity index (χ2n) is 6.34. The maximum atomic E-state index is 12.9. The van der Waals surface area contributed by atoms with E-state index in [-0.39, 0.29) is 18.3 Å². The van der Waals surface area contributed by atoms with Crippen molar-refractivity contribution >= 4 is 29.0 Å². The molecule has 2 amide bonds. The molecule has 0 unspecified atom stereocenters. The molecule has 1 heterocycles. The van der Waals surface area contributed by atoms with Crippen LogP contribution in [0.1, 0.15) is 41.1 Å². The Labute approximate surface area is 149 Å². The van der Waals surface area contributed by atoms with E-state index in [0.717, 1.165) is 0 Å². The van der Waals surface area contributed by atoms with Gasteiger partial charge in [0.1, 0.15) is 21.3 Å². The van der Waals surface area contributed by atoms with Crippen molar-refractivity contribution in [2.45, 2.75) is 39.8 Å². The molecule has 0 bridgehead atoms. The fraction of sp³-hybridized carbons (Fsp3) is 0.353. The van der Waals surface area contributed by atoms with Crippen LogP contribution in [0, 0.1) is 12.7 Å². The van der Waals surface area contributed by atoms with Gasteiger partial charge >= 0.3 is 6.09 Å². The van der Waals surface area contributed by atoms with Crippen molar-refractivity contribution in [2.24, 2.45) is 0 Å². The van der Waals surface area contributed by atoms with E-state index in [1.54, 1.807) is 27.7 Å². The maximum Gasteiger partial charge on any atom is 0.408 e. The fourth-order valence-corrected chi connectivity index (χ4v) is 2.82. The predicted molar refractivity (Wildman–Crippen MR) is 94.3 cm³/mol. The van der Waals surface area contributed by atoms with Crippen molar-refractivity contribution in [3.63, 3.8) is 0 Å². The second kappa shape index (κ2) is 7.60. The highest BCUT2D eigenvalue weighted by Gasteiger charge is 2.18. The van der Waals surface area contributed by atoms with Crippen LogP contribution in [0.3, 0.4) is 0 Å². The summed E-state index contributed by atoms with van der Waals surface area (Å²) >= 11 is 1.18. The highest BCUT2D eigenvalue weighted by molar-refractivity contribution is 7.13. The number of aryl methyl sites for hydroxylation is 1. The number of carbonyl (C=O) groups is 2. The van der Waals surface area contributed by atoms with E-state index in [4.69, 9.17) is 4.74 Å². The molecule has 0 saturated carbocycles. The zero-order valence-corrected chi connectivity index (χ0v) is 15.3. The number of carbonyl (C=O) groups excluding carboxylic acids is 2. The van der Waals surface area contributed by atoms with Gasteiger partial charge in [0.15, 0.2) is 0 Å². The first-order chi connectivity index (χ1) is 11.6. The molecule has 1 aromatic carbocycles. The molecule has 2 aromatic rings. The average molecular weight is 365 g/mol. The van der Waals surface area contributed by atoms with Gasteiger partial charge in [-0.05, 0) is 52.0 Å². The number of halogens is 1. The molecule has 134 valence electrons. The number of hydrogen-bond donors (Lipinski definition) is 2. The molecule has 0 aliphatic heterocycles. The molecule has 2 N–H and O–H groups in total. The average Bonchev–Trinajstić information content (AvgIpc) is 2.87. The number of hydrogen-bond acceptors (Lipinski definition) is 5. The van der Waals surface area contributed by atoms with Gasteiger partial charge in [0, 0.05) is 5.69 Å². The zero-order chi connectivity index (χ0) is 18.6. The van der Waals surface area contributed by atoms with Gasteiger partial charge in [-0.15, -0.1) is 11.3 Å². The smallest absolute Gasteiger partial charge is 0.408 e. The number of rotatable bonds is 4. The van der Waals surface area contributed by atoms with Gasteiger partial charge in [0.05, 0.1) is 12.2 Å². The van der Waals surface area contributed by atoms with Gasteiger partial charge in [-0.1, -0.05) is 0 Å². The first-order valence-corrected chi connectivity index (χ1v) is 8.46. The van der Waals surface area contributed by atoms with Gasteiger partial charge < -0.3 is 15.4 Å². The minimum atomic E-state index is -0.580. The fourth-order valence-electron chi connectivity index (χ4n) is 1.92. The highest BCUT2D eigenvalue weighted by Crippen LogP contribution is 2.20. The lowest BCUT2D eigenvalue weighted by atomic mass is 10.2. The van der Waals surface area contributed by atoms with Gasteiger partial charge in [-0.3, -0.25) is 4.79 Å². The standard InChI is InChI=1S/C17H20FN3O3S/c1-10-14(15(22)21-12-7-5-11(18)6-8-12)25-13(20-10)9-19-16(23)24-17(2,3)4/h5-8H,9H2,1-4H3,(H,19,23)(H,21,22). The summed E-state index contributed by atoms with van der Waals surface area (Å²) < 4.78 is 18.1. The van der Waals surface area contributed by atoms with Crippen LogP contribution in [-0.2, 0) is 11.3 Å². The summed E-state index contributed by atoms with van der Waals surface area (Å²) in [5, 5.41) is 5.88. The molecule has 8 heteroatoms. The van der Waals surface area contributed by atoms with Gasteiger partial charge in [-0.25, -0.2) is 14.2 Å². The first kappa shape index (κ1) is 18.9. The normalized spacial score (nSPS) is 11.1. The Morgan fingerprint density at radius 2 is 1.88 bits per heavy atom. The minimum Gasteiger partial charge on any atom is -0.444 e. The van der Waals surface area contributed by atoms with Crippen molar-refractivity contribution < 1.29 is 18.7 Å². The minimum absolute atomic E-state index is 0.171. The Morgan fingerprint density at radius 3 is 2.48 bits per heavy atom. The van der Waals surface area contributed by atoms with Crippen molar-refractivity contribution in [3.05, 3.63) is 45.7 Å². The number of aromatic nitrogens is 1. The molecule has 6 nitrogen and oxygen atoms in total. The Hall–Kier alpha value is -2.48. The van der Waals surface area contributed by atoms with Crippen LogP contribution >= 0.6 is 11.3 Å². The summed E-state index contributed by atoms with van der Waals surface area (Å²) in [4.78, 5) is 28.7. The van der Waals surface area contributed by atoms with Crippen LogP contribution < -0.4 is 10.6 Å². The number of thiazole rings is 1. The van der Waals surface area contributed by atoms with Crippen LogP contribution in [-0.4, -0.2) is 22.6 Å². The van der Waals surface area contributed by atoms with E-state index in [1.807, 2.05) is 0 Å². The molecular formula is C17H20FN3O3S. The summed E-state index contributed by atoms with van der Waals surface area (Å²) in [5.74, 6) is -0.701.